The lowest BCUT2D eigenvalue weighted by molar-refractivity contribution is 0.222. The molecule has 6 nitrogen and oxygen atoms in total. The number of amides is 2. The summed E-state index contributed by atoms with van der Waals surface area (Å²) in [6.45, 7) is 0.965. The van der Waals surface area contributed by atoms with E-state index in [1.54, 1.807) is 6.08 Å². The Hall–Kier alpha value is -1.86. The predicted molar refractivity (Wildman–Crippen MR) is 111 cm³/mol. The van der Waals surface area contributed by atoms with Gasteiger partial charge in [0.25, 0.3) is 10.0 Å². The first-order valence-corrected chi connectivity index (χ1v) is 11.9. The summed E-state index contributed by atoms with van der Waals surface area (Å²) < 4.78 is 26.9. The minimum Gasteiger partial charge on any atom is -0.307 e. The smallest absolute Gasteiger partial charge is 0.307 e. The van der Waals surface area contributed by atoms with Crippen molar-refractivity contribution in [2.75, 3.05) is 18.9 Å². The normalized spacial score (nSPS) is 22.2. The Kier molecular flexibility index (Phi) is 5.47. The zero-order valence-corrected chi connectivity index (χ0v) is 17.3. The summed E-state index contributed by atoms with van der Waals surface area (Å²) in [6.07, 6.45) is 11.0. The van der Waals surface area contributed by atoms with Crippen molar-refractivity contribution in [1.29, 1.82) is 0 Å². The van der Waals surface area contributed by atoms with Crippen LogP contribution in [0.3, 0.4) is 0 Å². The van der Waals surface area contributed by atoms with Crippen molar-refractivity contribution in [3.05, 3.63) is 39.8 Å². The molecule has 1 atom stereocenters. The van der Waals surface area contributed by atoms with E-state index in [1.807, 2.05) is 7.05 Å². The molecule has 4 rings (SSSR count). The number of hydrogen-bond donors (Lipinski definition) is 2. The maximum atomic E-state index is 12.5. The fourth-order valence-electron chi connectivity index (χ4n) is 4.81. The Morgan fingerprint density at radius 3 is 2.39 bits per heavy atom. The number of fused-ring (bicyclic) bond motifs is 2. The molecule has 2 N–H and O–H groups in total. The number of rotatable bonds is 4. The molecule has 2 aliphatic carbocycles. The molecule has 1 aromatic carbocycles. The summed E-state index contributed by atoms with van der Waals surface area (Å²) in [4.78, 5) is 14.6. The largest absolute Gasteiger partial charge is 0.333 e. The van der Waals surface area contributed by atoms with E-state index in [9.17, 15) is 13.2 Å². The van der Waals surface area contributed by atoms with Gasteiger partial charge in [0.1, 0.15) is 0 Å². The summed E-state index contributed by atoms with van der Waals surface area (Å²) in [5.74, 6) is 0. The van der Waals surface area contributed by atoms with Crippen LogP contribution >= 0.6 is 0 Å². The van der Waals surface area contributed by atoms with E-state index in [4.69, 9.17) is 0 Å². The van der Waals surface area contributed by atoms with Gasteiger partial charge < -0.3 is 5.32 Å². The minimum atomic E-state index is -3.82. The molecular weight excluding hydrogens is 374 g/mol. The first-order valence-electron chi connectivity index (χ1n) is 10.3. The van der Waals surface area contributed by atoms with Gasteiger partial charge in [-0.3, -0.25) is 4.90 Å². The van der Waals surface area contributed by atoms with Crippen LogP contribution in [0.2, 0.25) is 0 Å². The van der Waals surface area contributed by atoms with Crippen molar-refractivity contribution in [1.82, 2.24) is 9.62 Å². The van der Waals surface area contributed by atoms with Gasteiger partial charge in [-0.1, -0.05) is 18.6 Å². The molecule has 1 fully saturated rings. The Balaban J connectivity index is 1.46. The van der Waals surface area contributed by atoms with Crippen molar-refractivity contribution in [2.24, 2.45) is 0 Å². The van der Waals surface area contributed by atoms with Crippen LogP contribution in [0.15, 0.2) is 17.6 Å². The molecule has 7 heteroatoms. The molecule has 152 valence electrons. The number of likely N-dealkylation sites (tertiary alicyclic amines) is 1. The van der Waals surface area contributed by atoms with E-state index in [1.165, 1.54) is 22.3 Å². The number of anilines is 1. The van der Waals surface area contributed by atoms with Crippen LogP contribution in [0.4, 0.5) is 10.5 Å². The molecule has 28 heavy (non-hydrogen) atoms. The average molecular weight is 404 g/mol. The van der Waals surface area contributed by atoms with E-state index >= 15 is 0 Å². The summed E-state index contributed by atoms with van der Waals surface area (Å²) in [5.41, 5.74) is 5.84. The van der Waals surface area contributed by atoms with Gasteiger partial charge in [0.15, 0.2) is 0 Å². The standard InChI is InChI=1S/C21H29N3O3S/c1-24-12-3-2-8-17(24)11-13-28(26,27)23-21(25)22-20-18-9-4-6-15(18)14-16-7-5-10-19(16)20/h11,13-14,17H,2-10,12H2,1H3,(H2,22,23,25)/b13-11+. The first kappa shape index (κ1) is 19.5. The number of hydrogen-bond acceptors (Lipinski definition) is 4. The summed E-state index contributed by atoms with van der Waals surface area (Å²) in [6, 6.07) is 1.72. The van der Waals surface area contributed by atoms with Gasteiger partial charge in [0.2, 0.25) is 0 Å². The molecule has 1 saturated heterocycles. The predicted octanol–water partition coefficient (Wildman–Crippen LogP) is 3.11. The van der Waals surface area contributed by atoms with E-state index in [0.717, 1.165) is 75.4 Å². The van der Waals surface area contributed by atoms with Gasteiger partial charge in [-0.05, 0) is 87.2 Å². The van der Waals surface area contributed by atoms with Crippen LogP contribution in [0, 0.1) is 0 Å². The number of carbonyl (C=O) groups is 1. The van der Waals surface area contributed by atoms with Gasteiger partial charge in [0.05, 0.1) is 0 Å². The summed E-state index contributed by atoms with van der Waals surface area (Å²) in [5, 5.41) is 4.01. The molecule has 0 radical (unpaired) electrons. The van der Waals surface area contributed by atoms with Crippen molar-refractivity contribution in [2.45, 2.75) is 63.8 Å². The van der Waals surface area contributed by atoms with Crippen LogP contribution in [0.25, 0.3) is 0 Å². The molecule has 1 unspecified atom stereocenters. The fraction of sp³-hybridized carbons (Fsp3) is 0.571. The van der Waals surface area contributed by atoms with Gasteiger partial charge in [-0.25, -0.2) is 17.9 Å². The SMILES string of the molecule is CN1CCCCC1/C=C/S(=O)(=O)NC(=O)Nc1c2c(cc3c1CCC3)CCC2. The van der Waals surface area contributed by atoms with Gasteiger partial charge >= 0.3 is 6.03 Å². The molecule has 2 amide bonds. The zero-order valence-electron chi connectivity index (χ0n) is 16.5. The van der Waals surface area contributed by atoms with Crippen LogP contribution in [-0.2, 0) is 35.7 Å². The Labute approximate surface area is 167 Å². The van der Waals surface area contributed by atoms with Crippen LogP contribution in [-0.4, -0.2) is 39.0 Å². The lowest BCUT2D eigenvalue weighted by Crippen LogP contribution is -2.36. The van der Waals surface area contributed by atoms with Crippen LogP contribution in [0.5, 0.6) is 0 Å². The maximum Gasteiger partial charge on any atom is 0.333 e. The molecule has 3 aliphatic rings. The highest BCUT2D eigenvalue weighted by molar-refractivity contribution is 7.92. The second-order valence-electron chi connectivity index (χ2n) is 8.21. The molecule has 0 saturated carbocycles. The lowest BCUT2D eigenvalue weighted by Gasteiger charge is -2.29. The quantitative estimate of drug-likeness (QED) is 0.810. The third kappa shape index (κ3) is 4.10. The summed E-state index contributed by atoms with van der Waals surface area (Å²) in [7, 11) is -1.82. The first-order chi connectivity index (χ1) is 13.4. The second-order valence-corrected chi connectivity index (χ2v) is 9.77. The number of nitrogens with zero attached hydrogens (tertiary/aromatic N) is 1. The highest BCUT2D eigenvalue weighted by Crippen LogP contribution is 2.38. The van der Waals surface area contributed by atoms with Crippen molar-refractivity contribution >= 4 is 21.7 Å². The zero-order chi connectivity index (χ0) is 19.7. The van der Waals surface area contributed by atoms with E-state index in [-0.39, 0.29) is 6.04 Å². The average Bonchev–Trinajstić information content (AvgIpc) is 3.29. The van der Waals surface area contributed by atoms with E-state index in [0.29, 0.717) is 0 Å². The molecule has 0 bridgehead atoms. The maximum absolute atomic E-state index is 12.5. The number of benzene rings is 1. The van der Waals surface area contributed by atoms with Crippen LogP contribution in [0.1, 0.15) is 54.4 Å². The fourth-order valence-corrected chi connectivity index (χ4v) is 5.57. The second kappa shape index (κ2) is 7.87. The lowest BCUT2D eigenvalue weighted by atomic mass is 9.99. The van der Waals surface area contributed by atoms with Crippen molar-refractivity contribution in [3.8, 4) is 0 Å². The Bertz CT molecular complexity index is 876. The Morgan fingerprint density at radius 2 is 1.75 bits per heavy atom. The molecule has 1 heterocycles. The van der Waals surface area contributed by atoms with E-state index < -0.39 is 16.1 Å². The van der Waals surface area contributed by atoms with Gasteiger partial charge in [0, 0.05) is 17.1 Å². The third-order valence-electron chi connectivity index (χ3n) is 6.25. The van der Waals surface area contributed by atoms with Gasteiger partial charge in [-0.2, -0.15) is 0 Å². The highest BCUT2D eigenvalue weighted by Gasteiger charge is 2.26. The minimum absolute atomic E-state index is 0.106. The number of likely N-dealkylation sites (N-methyl/N-ethyl adjacent to an activating group) is 1. The van der Waals surface area contributed by atoms with Gasteiger partial charge in [-0.15, -0.1) is 0 Å². The van der Waals surface area contributed by atoms with Crippen molar-refractivity contribution < 1.29 is 13.2 Å². The number of urea groups is 1. The molecule has 0 spiro atoms. The van der Waals surface area contributed by atoms with Crippen molar-refractivity contribution in [3.63, 3.8) is 0 Å². The number of carbonyl (C=O) groups excluding carboxylic acids is 1. The highest BCUT2D eigenvalue weighted by atomic mass is 32.2. The molecule has 0 aromatic heterocycles. The third-order valence-corrected chi connectivity index (χ3v) is 7.24. The number of sulfonamides is 1. The molecular formula is C21H29N3O3S. The van der Waals surface area contributed by atoms with Crippen LogP contribution < -0.4 is 10.0 Å². The summed E-state index contributed by atoms with van der Waals surface area (Å²) >= 11 is 0. The topological polar surface area (TPSA) is 78.5 Å². The number of nitrogens with one attached hydrogen (secondary N) is 2. The molecule has 1 aromatic rings. The Morgan fingerprint density at radius 1 is 1.07 bits per heavy atom. The monoisotopic (exact) mass is 403 g/mol. The molecule has 1 aliphatic heterocycles. The number of aryl methyl sites for hydroxylation is 2. The van der Waals surface area contributed by atoms with E-state index in [2.05, 4.69) is 21.0 Å². The number of piperidine rings is 1.